The molecular weight excluding hydrogens is 937 g/mol. The van der Waals surface area contributed by atoms with Gasteiger partial charge in [-0.1, -0.05) is 306 Å². The lowest BCUT2D eigenvalue weighted by atomic mass is 10.0. The Morgan fingerprint density at radius 2 is 0.513 bits per heavy atom. The molecule has 1 unspecified atom stereocenters. The van der Waals surface area contributed by atoms with E-state index in [2.05, 4.69) is 81.5 Å². The first-order valence-corrected chi connectivity index (χ1v) is 33.3. The van der Waals surface area contributed by atoms with Crippen LogP contribution < -0.4 is 0 Å². The Bertz CT molecular complexity index is 1360. The molecule has 0 saturated heterocycles. The summed E-state index contributed by atoms with van der Waals surface area (Å²) in [6, 6.07) is 0. The third-order valence-electron chi connectivity index (χ3n) is 14.8. The van der Waals surface area contributed by atoms with Gasteiger partial charge < -0.3 is 14.2 Å². The van der Waals surface area contributed by atoms with Crippen molar-refractivity contribution < 1.29 is 28.6 Å². The second-order valence-electron chi connectivity index (χ2n) is 22.4. The van der Waals surface area contributed by atoms with Crippen LogP contribution in [0.1, 0.15) is 348 Å². The minimum atomic E-state index is -0.785. The maximum absolute atomic E-state index is 12.9. The second-order valence-corrected chi connectivity index (χ2v) is 22.4. The second kappa shape index (κ2) is 64.6. The van der Waals surface area contributed by atoms with Gasteiger partial charge in [0, 0.05) is 19.3 Å². The average molecular weight is 1060 g/mol. The molecule has 0 aromatic heterocycles. The van der Waals surface area contributed by atoms with Crippen LogP contribution >= 0.6 is 0 Å². The van der Waals surface area contributed by atoms with Crippen molar-refractivity contribution in [2.75, 3.05) is 13.2 Å². The molecule has 6 heteroatoms. The van der Waals surface area contributed by atoms with Gasteiger partial charge in [0.15, 0.2) is 6.10 Å². The number of carbonyl (C=O) groups excluding carboxylic acids is 3. The van der Waals surface area contributed by atoms with E-state index >= 15 is 0 Å². The van der Waals surface area contributed by atoms with E-state index in [0.717, 1.165) is 103 Å². The number of unbranched alkanes of at least 4 members (excludes halogenated alkanes) is 40. The first-order valence-electron chi connectivity index (χ1n) is 33.3. The van der Waals surface area contributed by atoms with Gasteiger partial charge >= 0.3 is 17.9 Å². The highest BCUT2D eigenvalue weighted by Gasteiger charge is 2.19. The van der Waals surface area contributed by atoms with E-state index in [0.29, 0.717) is 19.3 Å². The average Bonchev–Trinajstić information content (AvgIpc) is 3.42. The predicted octanol–water partition coefficient (Wildman–Crippen LogP) is 22.7. The molecule has 0 radical (unpaired) electrons. The molecule has 6 nitrogen and oxygen atoms in total. The molecule has 1 atom stereocenters. The van der Waals surface area contributed by atoms with Gasteiger partial charge in [0.05, 0.1) is 0 Å². The predicted molar refractivity (Wildman–Crippen MR) is 330 cm³/mol. The quantitative estimate of drug-likeness (QED) is 0.0261. The van der Waals surface area contributed by atoms with Crippen LogP contribution in [0.15, 0.2) is 60.8 Å². The summed E-state index contributed by atoms with van der Waals surface area (Å²) in [5.41, 5.74) is 0. The van der Waals surface area contributed by atoms with E-state index in [9.17, 15) is 14.4 Å². The molecule has 0 aromatic rings. The van der Waals surface area contributed by atoms with Crippen LogP contribution in [0.5, 0.6) is 0 Å². The summed E-state index contributed by atoms with van der Waals surface area (Å²) in [4.78, 5) is 38.3. The number of allylic oxidation sites excluding steroid dienone is 10. The van der Waals surface area contributed by atoms with Gasteiger partial charge in [-0.15, -0.1) is 0 Å². The van der Waals surface area contributed by atoms with Crippen molar-refractivity contribution in [3.63, 3.8) is 0 Å². The summed E-state index contributed by atoms with van der Waals surface area (Å²) in [5, 5.41) is 0. The Morgan fingerprint density at radius 1 is 0.276 bits per heavy atom. The molecule has 0 aliphatic carbocycles. The molecule has 442 valence electrons. The van der Waals surface area contributed by atoms with Gasteiger partial charge in [-0.3, -0.25) is 14.4 Å². The fraction of sp³-hybridized carbons (Fsp3) is 0.814. The zero-order chi connectivity index (χ0) is 55.0. The molecule has 0 amide bonds. The van der Waals surface area contributed by atoms with E-state index in [1.807, 2.05) is 0 Å². The maximum Gasteiger partial charge on any atom is 0.306 e. The molecular formula is C70H126O6. The van der Waals surface area contributed by atoms with Crippen molar-refractivity contribution in [2.45, 2.75) is 354 Å². The lowest BCUT2D eigenvalue weighted by molar-refractivity contribution is -0.167. The van der Waals surface area contributed by atoms with Crippen molar-refractivity contribution in [1.82, 2.24) is 0 Å². The number of hydrogen-bond acceptors (Lipinski definition) is 6. The zero-order valence-electron chi connectivity index (χ0n) is 50.8. The molecule has 0 spiro atoms. The van der Waals surface area contributed by atoms with Crippen LogP contribution in [0, 0.1) is 0 Å². The number of carbonyl (C=O) groups is 3. The number of ether oxygens (including phenoxy) is 3. The van der Waals surface area contributed by atoms with Crippen LogP contribution in [0.3, 0.4) is 0 Å². The number of esters is 3. The summed E-state index contributed by atoms with van der Waals surface area (Å²) in [5.74, 6) is -0.883. The molecule has 0 saturated carbocycles. The molecule has 0 aliphatic heterocycles. The normalized spacial score (nSPS) is 12.4. The third-order valence-corrected chi connectivity index (χ3v) is 14.8. The summed E-state index contributed by atoms with van der Waals surface area (Å²) in [6.45, 7) is 6.55. The Kier molecular flexibility index (Phi) is 62.2. The van der Waals surface area contributed by atoms with Crippen LogP contribution in [-0.4, -0.2) is 37.2 Å². The zero-order valence-corrected chi connectivity index (χ0v) is 50.8. The van der Waals surface area contributed by atoms with Crippen LogP contribution in [0.4, 0.5) is 0 Å². The molecule has 76 heavy (non-hydrogen) atoms. The molecule has 0 bridgehead atoms. The number of hydrogen-bond donors (Lipinski definition) is 0. The van der Waals surface area contributed by atoms with Gasteiger partial charge in [-0.2, -0.15) is 0 Å². The lowest BCUT2D eigenvalue weighted by Gasteiger charge is -2.18. The van der Waals surface area contributed by atoms with Gasteiger partial charge in [-0.25, -0.2) is 0 Å². The van der Waals surface area contributed by atoms with Crippen LogP contribution in [0.2, 0.25) is 0 Å². The topological polar surface area (TPSA) is 78.9 Å². The van der Waals surface area contributed by atoms with Gasteiger partial charge in [0.1, 0.15) is 13.2 Å². The molecule has 0 N–H and O–H groups in total. The lowest BCUT2D eigenvalue weighted by Crippen LogP contribution is -2.30. The maximum atomic E-state index is 12.9. The standard InChI is InChI=1S/C70H126O6/c1-4-7-10-13-16-19-22-25-28-30-32-33-34-35-36-37-39-40-42-45-48-51-54-57-60-63-69(72)75-66-67(65-74-68(71)62-59-56-53-50-47-44-27-24-21-18-15-12-9-6-3)76-70(73)64-61-58-55-52-49-46-43-41-38-31-29-26-23-20-17-14-11-8-5-2/h8,11,17,20,24,26-27,29,38,41,67H,4-7,9-10,12-16,18-19,21-23,25,28,30-37,39-40,42-66H2,1-3H3/b11-8-,20-17-,27-24-,29-26-,41-38-. The van der Waals surface area contributed by atoms with E-state index in [1.165, 1.54) is 205 Å². The van der Waals surface area contributed by atoms with Crippen LogP contribution in [-0.2, 0) is 28.6 Å². The van der Waals surface area contributed by atoms with Crippen molar-refractivity contribution in [3.8, 4) is 0 Å². The Labute approximate surface area is 472 Å². The summed E-state index contributed by atoms with van der Waals surface area (Å²) >= 11 is 0. The Morgan fingerprint density at radius 3 is 0.816 bits per heavy atom. The highest BCUT2D eigenvalue weighted by atomic mass is 16.6. The molecule has 0 fully saturated rings. The first kappa shape index (κ1) is 73.1. The summed E-state index contributed by atoms with van der Waals surface area (Å²) in [7, 11) is 0. The van der Waals surface area contributed by atoms with Crippen molar-refractivity contribution >= 4 is 17.9 Å². The highest BCUT2D eigenvalue weighted by Crippen LogP contribution is 2.18. The minimum Gasteiger partial charge on any atom is -0.462 e. The molecule has 0 aromatic carbocycles. The third kappa shape index (κ3) is 62.0. The van der Waals surface area contributed by atoms with E-state index in [4.69, 9.17) is 14.2 Å². The largest absolute Gasteiger partial charge is 0.462 e. The van der Waals surface area contributed by atoms with Crippen LogP contribution in [0.25, 0.3) is 0 Å². The fourth-order valence-electron chi connectivity index (χ4n) is 9.79. The van der Waals surface area contributed by atoms with E-state index in [-0.39, 0.29) is 31.1 Å². The van der Waals surface area contributed by atoms with Gasteiger partial charge in [0.25, 0.3) is 0 Å². The Balaban J connectivity index is 4.29. The monoisotopic (exact) mass is 1060 g/mol. The van der Waals surface area contributed by atoms with Crippen molar-refractivity contribution in [1.29, 1.82) is 0 Å². The summed E-state index contributed by atoms with van der Waals surface area (Å²) in [6.07, 6.45) is 82.4. The smallest absolute Gasteiger partial charge is 0.306 e. The van der Waals surface area contributed by atoms with Crippen molar-refractivity contribution in [2.24, 2.45) is 0 Å². The van der Waals surface area contributed by atoms with E-state index in [1.54, 1.807) is 0 Å². The summed E-state index contributed by atoms with van der Waals surface area (Å²) < 4.78 is 16.9. The molecule has 0 aliphatic rings. The first-order chi connectivity index (χ1) is 37.5. The van der Waals surface area contributed by atoms with Gasteiger partial charge in [0.2, 0.25) is 0 Å². The van der Waals surface area contributed by atoms with E-state index < -0.39 is 6.10 Å². The Hall–Kier alpha value is -2.89. The molecule has 0 rings (SSSR count). The minimum absolute atomic E-state index is 0.0795. The molecule has 0 heterocycles. The highest BCUT2D eigenvalue weighted by molar-refractivity contribution is 5.71. The number of rotatable bonds is 61. The fourth-order valence-corrected chi connectivity index (χ4v) is 9.79. The van der Waals surface area contributed by atoms with Crippen molar-refractivity contribution in [3.05, 3.63) is 60.8 Å². The SMILES string of the molecule is CC/C=C\C/C=C\C/C=C\C/C=C\CCCCCCCCC(=O)OC(COC(=O)CCCCCCC/C=C\CCCCCCC)COC(=O)CCCCCCCCCCCCCCCCCCCCCCCCCCC. The van der Waals surface area contributed by atoms with Gasteiger partial charge in [-0.05, 0) is 83.5 Å².